The van der Waals surface area contributed by atoms with Crippen molar-refractivity contribution in [1.29, 1.82) is 0 Å². The van der Waals surface area contributed by atoms with Gasteiger partial charge < -0.3 is 4.74 Å². The van der Waals surface area contributed by atoms with Gasteiger partial charge in [-0.15, -0.1) is 0 Å². The fraction of sp³-hybridized carbons (Fsp3) is 0.333. The second-order valence-electron chi connectivity index (χ2n) is 6.14. The third-order valence-electron chi connectivity index (χ3n) is 3.45. The van der Waals surface area contributed by atoms with Crippen molar-refractivity contribution in [3.63, 3.8) is 0 Å². The molecule has 1 nitrogen and oxygen atoms in total. The number of halogens is 1. The van der Waals surface area contributed by atoms with Crippen LogP contribution in [0.25, 0.3) is 11.1 Å². The minimum atomic E-state index is -0.220. The van der Waals surface area contributed by atoms with Gasteiger partial charge in [0.05, 0.1) is 7.11 Å². The van der Waals surface area contributed by atoms with Crippen LogP contribution in [0.5, 0.6) is 5.75 Å². The highest BCUT2D eigenvalue weighted by Crippen LogP contribution is 2.36. The summed E-state index contributed by atoms with van der Waals surface area (Å²) in [6.45, 7) is 8.44. The molecule has 0 aliphatic rings. The summed E-state index contributed by atoms with van der Waals surface area (Å²) in [5.41, 5.74) is 3.75. The smallest absolute Gasteiger partial charge is 0.131 e. The van der Waals surface area contributed by atoms with Crippen molar-refractivity contribution in [2.75, 3.05) is 7.11 Å². The van der Waals surface area contributed by atoms with Crippen molar-refractivity contribution in [1.82, 2.24) is 0 Å². The maximum atomic E-state index is 14.2. The maximum absolute atomic E-state index is 14.2. The Morgan fingerprint density at radius 1 is 0.950 bits per heavy atom. The Kier molecular flexibility index (Phi) is 3.85. The van der Waals surface area contributed by atoms with E-state index in [4.69, 9.17) is 4.74 Å². The molecule has 0 saturated heterocycles. The molecule has 0 saturated carbocycles. The topological polar surface area (TPSA) is 9.23 Å². The van der Waals surface area contributed by atoms with E-state index in [1.165, 1.54) is 6.07 Å². The number of ether oxygens (including phenoxy) is 1. The second-order valence-corrected chi connectivity index (χ2v) is 6.14. The molecule has 0 N–H and O–H groups in total. The highest BCUT2D eigenvalue weighted by molar-refractivity contribution is 5.71. The molecular formula is C18H21FO. The van der Waals surface area contributed by atoms with Crippen molar-refractivity contribution in [2.45, 2.75) is 33.1 Å². The third kappa shape index (κ3) is 2.84. The zero-order chi connectivity index (χ0) is 14.9. The summed E-state index contributed by atoms with van der Waals surface area (Å²) in [4.78, 5) is 0. The first-order chi connectivity index (χ1) is 9.32. The van der Waals surface area contributed by atoms with Crippen LogP contribution in [-0.4, -0.2) is 7.11 Å². The van der Waals surface area contributed by atoms with Crippen LogP contribution >= 0.6 is 0 Å². The summed E-state index contributed by atoms with van der Waals surface area (Å²) >= 11 is 0. The fourth-order valence-corrected chi connectivity index (χ4v) is 2.37. The van der Waals surface area contributed by atoms with Crippen molar-refractivity contribution in [2.24, 2.45) is 0 Å². The van der Waals surface area contributed by atoms with Gasteiger partial charge in [-0.3, -0.25) is 0 Å². The molecule has 106 valence electrons. The van der Waals surface area contributed by atoms with Crippen LogP contribution in [0.2, 0.25) is 0 Å². The van der Waals surface area contributed by atoms with Gasteiger partial charge in [0.25, 0.3) is 0 Å². The number of aryl methyl sites for hydroxylation is 1. The highest BCUT2D eigenvalue weighted by Gasteiger charge is 2.20. The van der Waals surface area contributed by atoms with E-state index in [1.807, 2.05) is 13.0 Å². The van der Waals surface area contributed by atoms with Crippen LogP contribution in [-0.2, 0) is 5.41 Å². The van der Waals surface area contributed by atoms with E-state index in [1.54, 1.807) is 19.2 Å². The van der Waals surface area contributed by atoms with E-state index in [0.29, 0.717) is 11.3 Å². The van der Waals surface area contributed by atoms with Crippen LogP contribution in [0.3, 0.4) is 0 Å². The average Bonchev–Trinajstić information content (AvgIpc) is 2.37. The molecule has 0 amide bonds. The summed E-state index contributed by atoms with van der Waals surface area (Å²) in [6, 6.07) is 11.1. The monoisotopic (exact) mass is 272 g/mol. The molecule has 2 heteroatoms. The molecule has 0 fully saturated rings. The summed E-state index contributed by atoms with van der Waals surface area (Å²) in [7, 11) is 1.60. The predicted molar refractivity (Wildman–Crippen MR) is 81.8 cm³/mol. The zero-order valence-corrected chi connectivity index (χ0v) is 12.8. The van der Waals surface area contributed by atoms with Gasteiger partial charge in [0.15, 0.2) is 0 Å². The first-order valence-electron chi connectivity index (χ1n) is 6.78. The molecule has 0 aromatic heterocycles. The Morgan fingerprint density at radius 2 is 1.65 bits per heavy atom. The first kappa shape index (κ1) is 14.6. The zero-order valence-electron chi connectivity index (χ0n) is 12.8. The van der Waals surface area contributed by atoms with E-state index in [0.717, 1.165) is 16.7 Å². The molecule has 0 heterocycles. The van der Waals surface area contributed by atoms with E-state index in [-0.39, 0.29) is 11.2 Å². The van der Waals surface area contributed by atoms with Crippen molar-refractivity contribution in [3.05, 3.63) is 53.3 Å². The molecular weight excluding hydrogens is 251 g/mol. The van der Waals surface area contributed by atoms with Gasteiger partial charge in [-0.25, -0.2) is 4.39 Å². The number of methoxy groups -OCH3 is 1. The van der Waals surface area contributed by atoms with E-state index in [2.05, 4.69) is 32.9 Å². The average molecular weight is 272 g/mol. The summed E-state index contributed by atoms with van der Waals surface area (Å²) in [5, 5.41) is 0. The quantitative estimate of drug-likeness (QED) is 0.738. The van der Waals surface area contributed by atoms with Gasteiger partial charge in [-0.2, -0.15) is 0 Å². The van der Waals surface area contributed by atoms with Crippen LogP contribution in [0.15, 0.2) is 36.4 Å². The second kappa shape index (κ2) is 5.28. The fourth-order valence-electron chi connectivity index (χ4n) is 2.37. The van der Waals surface area contributed by atoms with Gasteiger partial charge >= 0.3 is 0 Å². The molecule has 0 aliphatic carbocycles. The van der Waals surface area contributed by atoms with Crippen LogP contribution < -0.4 is 4.74 Å². The Balaban J connectivity index is 2.71. The van der Waals surface area contributed by atoms with Crippen molar-refractivity contribution < 1.29 is 9.13 Å². The number of benzene rings is 2. The standard InChI is InChI=1S/C18H21FO/c1-12-6-8-16(18(2,3)4)14(10-12)15-11-13(20-5)7-9-17(15)19/h6-11H,1-5H3. The summed E-state index contributed by atoms with van der Waals surface area (Å²) in [5.74, 6) is 0.449. The van der Waals surface area contributed by atoms with Gasteiger partial charge in [-0.1, -0.05) is 44.5 Å². The minimum Gasteiger partial charge on any atom is -0.497 e. The lowest BCUT2D eigenvalue weighted by Crippen LogP contribution is -2.13. The lowest BCUT2D eigenvalue weighted by atomic mass is 9.81. The van der Waals surface area contributed by atoms with Gasteiger partial charge in [0, 0.05) is 5.56 Å². The normalized spacial score (nSPS) is 11.5. The summed E-state index contributed by atoms with van der Waals surface area (Å²) < 4.78 is 19.5. The van der Waals surface area contributed by atoms with Crippen molar-refractivity contribution >= 4 is 0 Å². The number of rotatable bonds is 2. The first-order valence-corrected chi connectivity index (χ1v) is 6.78. The van der Waals surface area contributed by atoms with Gasteiger partial charge in [-0.05, 0) is 41.7 Å². The Labute approximate surface area is 120 Å². The molecule has 2 aromatic carbocycles. The molecule has 0 spiro atoms. The predicted octanol–water partition coefficient (Wildman–Crippen LogP) is 5.11. The number of hydrogen-bond acceptors (Lipinski definition) is 1. The lowest BCUT2D eigenvalue weighted by molar-refractivity contribution is 0.414. The molecule has 0 atom stereocenters. The van der Waals surface area contributed by atoms with E-state index < -0.39 is 0 Å². The highest BCUT2D eigenvalue weighted by atomic mass is 19.1. The molecule has 20 heavy (non-hydrogen) atoms. The minimum absolute atomic E-state index is 0.0431. The van der Waals surface area contributed by atoms with Gasteiger partial charge in [0.1, 0.15) is 11.6 Å². The van der Waals surface area contributed by atoms with Gasteiger partial charge in [0.2, 0.25) is 0 Å². The van der Waals surface area contributed by atoms with Crippen molar-refractivity contribution in [3.8, 4) is 16.9 Å². The van der Waals surface area contributed by atoms with E-state index in [9.17, 15) is 4.39 Å². The van der Waals surface area contributed by atoms with Crippen LogP contribution in [0.1, 0.15) is 31.9 Å². The molecule has 0 radical (unpaired) electrons. The molecule has 0 aliphatic heterocycles. The maximum Gasteiger partial charge on any atom is 0.131 e. The largest absolute Gasteiger partial charge is 0.497 e. The lowest BCUT2D eigenvalue weighted by Gasteiger charge is -2.24. The Bertz CT molecular complexity index is 624. The van der Waals surface area contributed by atoms with E-state index >= 15 is 0 Å². The SMILES string of the molecule is COc1ccc(F)c(-c2cc(C)ccc2C(C)(C)C)c1. The van der Waals surface area contributed by atoms with Crippen LogP contribution in [0.4, 0.5) is 4.39 Å². The molecule has 2 aromatic rings. The Hall–Kier alpha value is -1.83. The Morgan fingerprint density at radius 3 is 2.25 bits per heavy atom. The number of hydrogen-bond donors (Lipinski definition) is 0. The van der Waals surface area contributed by atoms with Crippen LogP contribution in [0, 0.1) is 12.7 Å². The molecule has 2 rings (SSSR count). The third-order valence-corrected chi connectivity index (χ3v) is 3.45. The molecule has 0 unspecified atom stereocenters. The summed E-state index contributed by atoms with van der Waals surface area (Å²) in [6.07, 6.45) is 0. The molecule has 0 bridgehead atoms.